The van der Waals surface area contributed by atoms with Crippen molar-refractivity contribution in [2.45, 2.75) is 71.2 Å². The topological polar surface area (TPSA) is 94.2 Å². The van der Waals surface area contributed by atoms with Crippen LogP contribution in [0.1, 0.15) is 57.8 Å². The first-order valence-corrected chi connectivity index (χ1v) is 11.0. The van der Waals surface area contributed by atoms with Crippen LogP contribution in [0.3, 0.4) is 0 Å². The van der Waals surface area contributed by atoms with Crippen molar-refractivity contribution in [2.24, 2.45) is 5.92 Å². The van der Waals surface area contributed by atoms with Crippen LogP contribution in [0.25, 0.3) is 0 Å². The van der Waals surface area contributed by atoms with Gasteiger partial charge in [-0.05, 0) is 52.7 Å². The van der Waals surface area contributed by atoms with Gasteiger partial charge in [-0.2, -0.15) is 0 Å². The lowest BCUT2D eigenvalue weighted by atomic mass is 9.94. The first kappa shape index (κ1) is 25.6. The highest BCUT2D eigenvalue weighted by Crippen LogP contribution is 2.28. The summed E-state index contributed by atoms with van der Waals surface area (Å²) < 4.78 is 16.4. The Balaban J connectivity index is 2.06. The summed E-state index contributed by atoms with van der Waals surface area (Å²) >= 11 is 0. The molecule has 1 aromatic carbocycles. The molecule has 1 N–H and O–H groups in total. The van der Waals surface area contributed by atoms with E-state index in [0.717, 1.165) is 6.42 Å². The molecule has 0 radical (unpaired) electrons. The smallest absolute Gasteiger partial charge is 0.410 e. The van der Waals surface area contributed by atoms with Gasteiger partial charge in [0.15, 0.2) is 5.78 Å². The molecule has 0 spiro atoms. The third-order valence-corrected chi connectivity index (χ3v) is 5.59. The minimum atomic E-state index is -0.722. The minimum Gasteiger partial charge on any atom is -0.497 e. The number of nitrogens with one attached hydrogen (secondary N) is 1. The number of rotatable bonds is 8. The average Bonchev–Trinajstić information content (AvgIpc) is 3.22. The van der Waals surface area contributed by atoms with Crippen LogP contribution < -0.4 is 10.1 Å². The fraction of sp³-hybridized carbons (Fsp3) is 0.625. The van der Waals surface area contributed by atoms with Crippen molar-refractivity contribution in [1.82, 2.24) is 10.2 Å². The maximum Gasteiger partial charge on any atom is 0.410 e. The molecular formula is C24H36N2O6. The fourth-order valence-electron chi connectivity index (χ4n) is 3.96. The van der Waals surface area contributed by atoms with Crippen LogP contribution in [-0.4, -0.2) is 67.2 Å². The Labute approximate surface area is 190 Å². The number of Topliss-reactive ketones (excluding diaryl/α,β-unsaturated/α-hetero) is 1. The van der Waals surface area contributed by atoms with Gasteiger partial charge in [0.25, 0.3) is 0 Å². The molecule has 4 unspecified atom stereocenters. The summed E-state index contributed by atoms with van der Waals surface area (Å²) in [6.07, 6.45) is 0.594. The summed E-state index contributed by atoms with van der Waals surface area (Å²) in [6.45, 7) is 9.41. The van der Waals surface area contributed by atoms with Crippen LogP contribution in [0.15, 0.2) is 24.3 Å². The molecule has 8 nitrogen and oxygen atoms in total. The van der Waals surface area contributed by atoms with Gasteiger partial charge in [0.2, 0.25) is 5.91 Å². The van der Waals surface area contributed by atoms with Gasteiger partial charge in [0.1, 0.15) is 11.4 Å². The molecular weight excluding hydrogens is 412 g/mol. The Hall–Kier alpha value is -2.61. The molecule has 2 amide bonds. The quantitative estimate of drug-likeness (QED) is 0.613. The van der Waals surface area contributed by atoms with Crippen molar-refractivity contribution in [3.63, 3.8) is 0 Å². The highest BCUT2D eigenvalue weighted by molar-refractivity contribution is 6.02. The first-order valence-electron chi connectivity index (χ1n) is 11.0. The monoisotopic (exact) mass is 448 g/mol. The highest BCUT2D eigenvalue weighted by atomic mass is 16.6. The zero-order valence-corrected chi connectivity index (χ0v) is 20.1. The standard InChI is InChI=1S/C24H36N2O6/c1-15(21(31-7)19-12-9-13-26(19)23(29)32-24(3,4)5)22(28)25-16(2)20(27)17-10-8-11-18(14-17)30-6/h8,10-11,14-16,19,21H,9,12-13H2,1-7H3,(H,25,28). The fourth-order valence-corrected chi connectivity index (χ4v) is 3.96. The van der Waals surface area contributed by atoms with E-state index in [9.17, 15) is 14.4 Å². The molecule has 1 aromatic rings. The Morgan fingerprint density at radius 1 is 1.16 bits per heavy atom. The van der Waals surface area contributed by atoms with Crippen molar-refractivity contribution in [3.8, 4) is 5.75 Å². The molecule has 1 heterocycles. The number of hydrogen-bond donors (Lipinski definition) is 1. The van der Waals surface area contributed by atoms with Crippen LogP contribution in [0, 0.1) is 5.92 Å². The number of likely N-dealkylation sites (tertiary alicyclic amines) is 1. The van der Waals surface area contributed by atoms with E-state index in [1.54, 1.807) is 43.0 Å². The third-order valence-electron chi connectivity index (χ3n) is 5.59. The molecule has 8 heteroatoms. The van der Waals surface area contributed by atoms with Crippen LogP contribution in [-0.2, 0) is 14.3 Å². The predicted octanol–water partition coefficient (Wildman–Crippen LogP) is 3.43. The first-order chi connectivity index (χ1) is 15.0. The number of carbonyl (C=O) groups excluding carboxylic acids is 3. The molecule has 32 heavy (non-hydrogen) atoms. The number of ketones is 1. The molecule has 1 aliphatic rings. The summed E-state index contributed by atoms with van der Waals surface area (Å²) in [5.41, 5.74) is -0.147. The van der Waals surface area contributed by atoms with E-state index in [1.807, 2.05) is 20.8 Å². The number of amides is 2. The van der Waals surface area contributed by atoms with Crippen molar-refractivity contribution >= 4 is 17.8 Å². The normalized spacial score (nSPS) is 19.1. The number of carbonyl (C=O) groups is 3. The molecule has 1 aliphatic heterocycles. The summed E-state index contributed by atoms with van der Waals surface area (Å²) in [5.74, 6) is -0.523. The molecule has 178 valence electrons. The largest absolute Gasteiger partial charge is 0.497 e. The molecule has 2 rings (SSSR count). The predicted molar refractivity (Wildman–Crippen MR) is 121 cm³/mol. The van der Waals surface area contributed by atoms with E-state index in [0.29, 0.717) is 24.3 Å². The summed E-state index contributed by atoms with van der Waals surface area (Å²) in [6, 6.07) is 5.81. The van der Waals surface area contributed by atoms with Crippen molar-refractivity contribution < 1.29 is 28.6 Å². The second kappa shape index (κ2) is 10.8. The number of ether oxygens (including phenoxy) is 3. The van der Waals surface area contributed by atoms with Crippen LogP contribution in [0.4, 0.5) is 4.79 Å². The Morgan fingerprint density at radius 3 is 2.44 bits per heavy atom. The summed E-state index contributed by atoms with van der Waals surface area (Å²) in [5, 5.41) is 2.79. The Bertz CT molecular complexity index is 819. The third kappa shape index (κ3) is 6.45. The zero-order chi connectivity index (χ0) is 24.1. The van der Waals surface area contributed by atoms with Crippen molar-refractivity contribution in [3.05, 3.63) is 29.8 Å². The van der Waals surface area contributed by atoms with E-state index in [1.165, 1.54) is 14.2 Å². The van der Waals surface area contributed by atoms with Gasteiger partial charge >= 0.3 is 6.09 Å². The lowest BCUT2D eigenvalue weighted by molar-refractivity contribution is -0.131. The number of nitrogens with zero attached hydrogens (tertiary/aromatic N) is 1. The minimum absolute atomic E-state index is 0.213. The van der Waals surface area contributed by atoms with Gasteiger partial charge in [-0.15, -0.1) is 0 Å². The lowest BCUT2D eigenvalue weighted by Gasteiger charge is -2.35. The average molecular weight is 449 g/mol. The molecule has 0 saturated carbocycles. The van der Waals surface area contributed by atoms with Gasteiger partial charge in [0, 0.05) is 19.2 Å². The van der Waals surface area contributed by atoms with Gasteiger partial charge in [-0.25, -0.2) is 4.79 Å². The van der Waals surface area contributed by atoms with E-state index in [-0.39, 0.29) is 17.7 Å². The second-order valence-corrected chi connectivity index (χ2v) is 9.20. The van der Waals surface area contributed by atoms with Crippen molar-refractivity contribution in [2.75, 3.05) is 20.8 Å². The van der Waals surface area contributed by atoms with E-state index >= 15 is 0 Å². The molecule has 0 bridgehead atoms. The van der Waals surface area contributed by atoms with Crippen LogP contribution in [0.5, 0.6) is 5.75 Å². The lowest BCUT2D eigenvalue weighted by Crippen LogP contribution is -2.52. The van der Waals surface area contributed by atoms with E-state index in [4.69, 9.17) is 14.2 Å². The summed E-state index contributed by atoms with van der Waals surface area (Å²) in [7, 11) is 3.07. The molecule has 1 fully saturated rings. The van der Waals surface area contributed by atoms with Gasteiger partial charge in [0.05, 0.1) is 31.2 Å². The Morgan fingerprint density at radius 2 is 1.84 bits per heavy atom. The van der Waals surface area contributed by atoms with E-state index < -0.39 is 29.8 Å². The van der Waals surface area contributed by atoms with Gasteiger partial charge < -0.3 is 24.4 Å². The van der Waals surface area contributed by atoms with Crippen LogP contribution >= 0.6 is 0 Å². The second-order valence-electron chi connectivity index (χ2n) is 9.20. The van der Waals surface area contributed by atoms with Gasteiger partial charge in [-0.3, -0.25) is 9.59 Å². The van der Waals surface area contributed by atoms with E-state index in [2.05, 4.69) is 5.32 Å². The highest BCUT2D eigenvalue weighted by Gasteiger charge is 2.41. The summed E-state index contributed by atoms with van der Waals surface area (Å²) in [4.78, 5) is 40.0. The van der Waals surface area contributed by atoms with Gasteiger partial charge in [-0.1, -0.05) is 19.1 Å². The van der Waals surface area contributed by atoms with Crippen molar-refractivity contribution in [1.29, 1.82) is 0 Å². The maximum atomic E-state index is 13.0. The van der Waals surface area contributed by atoms with Crippen LogP contribution in [0.2, 0.25) is 0 Å². The number of benzene rings is 1. The molecule has 1 saturated heterocycles. The number of hydrogen-bond acceptors (Lipinski definition) is 6. The maximum absolute atomic E-state index is 13.0. The zero-order valence-electron chi connectivity index (χ0n) is 20.1. The Kier molecular flexibility index (Phi) is 8.66. The number of methoxy groups -OCH3 is 2. The SMILES string of the molecule is COc1cccc(C(=O)C(C)NC(=O)C(C)C(OC)C2CCCN2C(=O)OC(C)(C)C)c1. The molecule has 0 aromatic heterocycles. The molecule has 4 atom stereocenters. The molecule has 0 aliphatic carbocycles.